The molecule has 1 aliphatic rings. The van der Waals surface area contributed by atoms with Crippen LogP contribution < -0.4 is 5.32 Å². The summed E-state index contributed by atoms with van der Waals surface area (Å²) in [6, 6.07) is 5.75. The van der Waals surface area contributed by atoms with Gasteiger partial charge in [-0.05, 0) is 30.5 Å². The van der Waals surface area contributed by atoms with Crippen molar-refractivity contribution in [3.8, 4) is 0 Å². The summed E-state index contributed by atoms with van der Waals surface area (Å²) in [5.41, 5.74) is 0.741. The van der Waals surface area contributed by atoms with E-state index in [1.165, 1.54) is 12.1 Å². The van der Waals surface area contributed by atoms with E-state index < -0.39 is 15.9 Å². The van der Waals surface area contributed by atoms with Gasteiger partial charge in [0.15, 0.2) is 0 Å². The fraction of sp³-hybridized carbons (Fsp3) is 0.533. The minimum absolute atomic E-state index is 0.158. The predicted molar refractivity (Wildman–Crippen MR) is 83.6 cm³/mol. The Kier molecular flexibility index (Phi) is 6.09. The van der Waals surface area contributed by atoms with Gasteiger partial charge in [0.1, 0.15) is 5.82 Å². The number of amides is 1. The lowest BCUT2D eigenvalue weighted by Gasteiger charge is -2.22. The molecule has 0 aliphatic carbocycles. The van der Waals surface area contributed by atoms with Gasteiger partial charge in [0.25, 0.3) is 0 Å². The Bertz CT molecular complexity index is 627. The van der Waals surface area contributed by atoms with Crippen molar-refractivity contribution in [3.05, 3.63) is 35.6 Å². The number of carbonyl (C=O) groups is 1. The lowest BCUT2D eigenvalue weighted by molar-refractivity contribution is -0.121. The van der Waals surface area contributed by atoms with Crippen molar-refractivity contribution in [2.24, 2.45) is 0 Å². The van der Waals surface area contributed by atoms with Crippen LogP contribution in [-0.2, 0) is 26.1 Å². The van der Waals surface area contributed by atoms with E-state index in [9.17, 15) is 17.6 Å². The highest BCUT2D eigenvalue weighted by Crippen LogP contribution is 2.14. The summed E-state index contributed by atoms with van der Waals surface area (Å²) in [6.07, 6.45) is 2.62. The molecule has 1 amide bonds. The number of ether oxygens (including phenoxy) is 1. The number of nitrogens with one attached hydrogen (secondary N) is 1. The number of nitrogens with zero attached hydrogens (tertiary/aromatic N) is 1. The first kappa shape index (κ1) is 17.8. The molecule has 1 unspecified atom stereocenters. The third kappa shape index (κ3) is 5.89. The normalized spacial score (nSPS) is 18.3. The second kappa shape index (κ2) is 7.85. The molecule has 1 heterocycles. The molecule has 1 saturated heterocycles. The Morgan fingerprint density at radius 3 is 2.65 bits per heavy atom. The van der Waals surface area contributed by atoms with Gasteiger partial charge in [-0.25, -0.2) is 12.8 Å². The van der Waals surface area contributed by atoms with Gasteiger partial charge in [0.05, 0.1) is 18.9 Å². The van der Waals surface area contributed by atoms with E-state index in [0.29, 0.717) is 6.61 Å². The number of rotatable bonds is 7. The molecule has 128 valence electrons. The minimum atomic E-state index is -3.49. The second-order valence-electron chi connectivity index (χ2n) is 5.59. The molecular formula is C15H21FN2O4S. The number of carbonyl (C=O) groups excluding carboxylic acids is 1. The van der Waals surface area contributed by atoms with Gasteiger partial charge in [0.2, 0.25) is 15.9 Å². The molecule has 1 N–H and O–H groups in total. The maximum absolute atomic E-state index is 12.8. The largest absolute Gasteiger partial charge is 0.377 e. The number of hydrogen-bond donors (Lipinski definition) is 1. The highest BCUT2D eigenvalue weighted by molar-refractivity contribution is 7.88. The second-order valence-corrected chi connectivity index (χ2v) is 7.58. The summed E-state index contributed by atoms with van der Waals surface area (Å²) in [7, 11) is -3.49. The predicted octanol–water partition coefficient (Wildman–Crippen LogP) is 0.882. The number of halogens is 1. The van der Waals surface area contributed by atoms with E-state index in [2.05, 4.69) is 5.32 Å². The maximum Gasteiger partial charge on any atom is 0.235 e. The van der Waals surface area contributed by atoms with Crippen LogP contribution >= 0.6 is 0 Å². The van der Waals surface area contributed by atoms with E-state index in [1.54, 1.807) is 12.1 Å². The van der Waals surface area contributed by atoms with E-state index in [4.69, 9.17) is 4.74 Å². The molecule has 1 aromatic rings. The van der Waals surface area contributed by atoms with E-state index in [0.717, 1.165) is 29.0 Å². The molecule has 0 saturated carbocycles. The summed E-state index contributed by atoms with van der Waals surface area (Å²) in [5, 5.41) is 2.64. The summed E-state index contributed by atoms with van der Waals surface area (Å²) in [4.78, 5) is 12.0. The standard InChI is InChI=1S/C15H21FN2O4S/c1-23(20,21)18(10-14-3-2-8-22-14)11-15(19)17-9-12-4-6-13(16)7-5-12/h4-7,14H,2-3,8-11H2,1H3,(H,17,19). The average Bonchev–Trinajstić information content (AvgIpc) is 2.98. The summed E-state index contributed by atoms with van der Waals surface area (Å²) in [6.45, 7) is 0.776. The van der Waals surface area contributed by atoms with E-state index >= 15 is 0 Å². The van der Waals surface area contributed by atoms with Gasteiger partial charge < -0.3 is 10.1 Å². The van der Waals surface area contributed by atoms with Crippen LogP contribution in [0.5, 0.6) is 0 Å². The molecule has 1 fully saturated rings. The van der Waals surface area contributed by atoms with Crippen molar-refractivity contribution < 1.29 is 22.3 Å². The monoisotopic (exact) mass is 344 g/mol. The Morgan fingerprint density at radius 1 is 1.39 bits per heavy atom. The summed E-state index contributed by atoms with van der Waals surface area (Å²) < 4.78 is 43.0. The van der Waals surface area contributed by atoms with Crippen LogP contribution in [0.15, 0.2) is 24.3 Å². The average molecular weight is 344 g/mol. The minimum Gasteiger partial charge on any atom is -0.377 e. The summed E-state index contributed by atoms with van der Waals surface area (Å²) >= 11 is 0. The SMILES string of the molecule is CS(=O)(=O)N(CC(=O)NCc1ccc(F)cc1)CC1CCCO1. The molecule has 1 aromatic carbocycles. The highest BCUT2D eigenvalue weighted by atomic mass is 32.2. The molecule has 1 aliphatic heterocycles. The highest BCUT2D eigenvalue weighted by Gasteiger charge is 2.26. The number of benzene rings is 1. The van der Waals surface area contributed by atoms with Crippen LogP contribution in [0.4, 0.5) is 4.39 Å². The fourth-order valence-electron chi connectivity index (χ4n) is 2.35. The zero-order valence-electron chi connectivity index (χ0n) is 13.0. The first-order chi connectivity index (χ1) is 10.8. The van der Waals surface area contributed by atoms with E-state index in [1.807, 2.05) is 0 Å². The van der Waals surface area contributed by atoms with Crippen molar-refractivity contribution in [1.29, 1.82) is 0 Å². The quantitative estimate of drug-likeness (QED) is 0.797. The number of sulfonamides is 1. The zero-order chi connectivity index (χ0) is 16.9. The molecule has 6 nitrogen and oxygen atoms in total. The third-order valence-electron chi connectivity index (χ3n) is 3.62. The molecule has 1 atom stereocenters. The first-order valence-corrected chi connectivity index (χ1v) is 9.27. The first-order valence-electron chi connectivity index (χ1n) is 7.42. The van der Waals surface area contributed by atoms with Gasteiger partial charge in [0, 0.05) is 19.7 Å². The van der Waals surface area contributed by atoms with Crippen LogP contribution in [0.1, 0.15) is 18.4 Å². The van der Waals surface area contributed by atoms with Gasteiger partial charge in [-0.15, -0.1) is 0 Å². The van der Waals surface area contributed by atoms with Crippen molar-refractivity contribution in [2.45, 2.75) is 25.5 Å². The van der Waals surface area contributed by atoms with Crippen LogP contribution in [0, 0.1) is 5.82 Å². The van der Waals surface area contributed by atoms with Crippen molar-refractivity contribution in [3.63, 3.8) is 0 Å². The summed E-state index contributed by atoms with van der Waals surface area (Å²) in [5.74, 6) is -0.752. The molecule has 2 rings (SSSR count). The molecule has 0 aromatic heterocycles. The lowest BCUT2D eigenvalue weighted by atomic mass is 10.2. The molecule has 0 radical (unpaired) electrons. The van der Waals surface area contributed by atoms with Crippen LogP contribution in [0.25, 0.3) is 0 Å². The third-order valence-corrected chi connectivity index (χ3v) is 4.84. The van der Waals surface area contributed by atoms with E-state index in [-0.39, 0.29) is 31.6 Å². The van der Waals surface area contributed by atoms with Gasteiger partial charge in [-0.3, -0.25) is 4.79 Å². The smallest absolute Gasteiger partial charge is 0.235 e. The van der Waals surface area contributed by atoms with Crippen LogP contribution in [-0.4, -0.2) is 50.7 Å². The molecule has 0 spiro atoms. The van der Waals surface area contributed by atoms with Crippen LogP contribution in [0.3, 0.4) is 0 Å². The molecule has 8 heteroatoms. The Morgan fingerprint density at radius 2 is 2.09 bits per heavy atom. The molecular weight excluding hydrogens is 323 g/mol. The van der Waals surface area contributed by atoms with Crippen molar-refractivity contribution in [2.75, 3.05) is 26.0 Å². The zero-order valence-corrected chi connectivity index (χ0v) is 13.8. The Balaban J connectivity index is 1.87. The van der Waals surface area contributed by atoms with Crippen LogP contribution in [0.2, 0.25) is 0 Å². The number of hydrogen-bond acceptors (Lipinski definition) is 4. The van der Waals surface area contributed by atoms with Crippen molar-refractivity contribution in [1.82, 2.24) is 9.62 Å². The lowest BCUT2D eigenvalue weighted by Crippen LogP contribution is -2.43. The van der Waals surface area contributed by atoms with Crippen molar-refractivity contribution >= 4 is 15.9 Å². The fourth-order valence-corrected chi connectivity index (χ4v) is 3.14. The van der Waals surface area contributed by atoms with Gasteiger partial charge in [-0.2, -0.15) is 4.31 Å². The van der Waals surface area contributed by atoms with Gasteiger partial charge in [-0.1, -0.05) is 12.1 Å². The topological polar surface area (TPSA) is 75.7 Å². The Labute approximate surface area is 135 Å². The maximum atomic E-state index is 12.8. The molecule has 23 heavy (non-hydrogen) atoms. The Hall–Kier alpha value is -1.51. The van der Waals surface area contributed by atoms with Gasteiger partial charge >= 0.3 is 0 Å². The molecule has 0 bridgehead atoms.